The zero-order valence-electron chi connectivity index (χ0n) is 8.99. The van der Waals surface area contributed by atoms with Crippen molar-refractivity contribution in [2.24, 2.45) is 5.92 Å². The number of rotatable bonds is 5. The minimum atomic E-state index is -2.99. The van der Waals surface area contributed by atoms with Gasteiger partial charge in [-0.15, -0.1) is 0 Å². The van der Waals surface area contributed by atoms with Gasteiger partial charge >= 0.3 is 0 Å². The molecular weight excluding hydrogens is 200 g/mol. The summed E-state index contributed by atoms with van der Waals surface area (Å²) in [7, 11) is -2.99. The molecule has 1 unspecified atom stereocenters. The van der Waals surface area contributed by atoms with Gasteiger partial charge in [0.1, 0.15) is 0 Å². The van der Waals surface area contributed by atoms with Gasteiger partial charge < -0.3 is 5.32 Å². The second kappa shape index (κ2) is 5.09. The van der Waals surface area contributed by atoms with Crippen molar-refractivity contribution in [3.63, 3.8) is 0 Å². The summed E-state index contributed by atoms with van der Waals surface area (Å²) in [5.74, 6) is 0.747. The Hall–Kier alpha value is -0.130. The zero-order chi connectivity index (χ0) is 10.6. The molecule has 4 nitrogen and oxygen atoms in total. The van der Waals surface area contributed by atoms with Gasteiger partial charge in [0.25, 0.3) is 0 Å². The van der Waals surface area contributed by atoms with E-state index in [0.717, 1.165) is 13.0 Å². The lowest BCUT2D eigenvalue weighted by Crippen LogP contribution is -2.34. The average molecular weight is 220 g/mol. The second-order valence-electron chi connectivity index (χ2n) is 3.92. The smallest absolute Gasteiger partial charge is 0.215 e. The molecule has 0 saturated carbocycles. The molecule has 1 rings (SSSR count). The van der Waals surface area contributed by atoms with E-state index in [9.17, 15) is 8.42 Å². The molecule has 0 spiro atoms. The first kappa shape index (κ1) is 11.9. The number of nitrogens with one attached hydrogen (secondary N) is 1. The Morgan fingerprint density at radius 2 is 2.21 bits per heavy atom. The van der Waals surface area contributed by atoms with Crippen molar-refractivity contribution >= 4 is 10.0 Å². The Kier molecular flexibility index (Phi) is 4.34. The van der Waals surface area contributed by atoms with Crippen LogP contribution in [-0.2, 0) is 10.0 Å². The van der Waals surface area contributed by atoms with Crippen molar-refractivity contribution in [2.75, 3.05) is 31.9 Å². The Morgan fingerprint density at radius 1 is 1.50 bits per heavy atom. The zero-order valence-corrected chi connectivity index (χ0v) is 9.81. The van der Waals surface area contributed by atoms with Gasteiger partial charge in [0.2, 0.25) is 10.0 Å². The summed E-state index contributed by atoms with van der Waals surface area (Å²) in [4.78, 5) is 0. The lowest BCUT2D eigenvalue weighted by atomic mass is 10.2. The normalized spacial score (nSPS) is 24.3. The largest absolute Gasteiger partial charge is 0.316 e. The Morgan fingerprint density at radius 3 is 2.71 bits per heavy atom. The summed E-state index contributed by atoms with van der Waals surface area (Å²) in [5.41, 5.74) is 0. The number of hydrogen-bond acceptors (Lipinski definition) is 3. The van der Waals surface area contributed by atoms with Crippen LogP contribution in [0.3, 0.4) is 0 Å². The van der Waals surface area contributed by atoms with Crippen molar-refractivity contribution in [2.45, 2.75) is 20.3 Å². The minimum absolute atomic E-state index is 0.230. The van der Waals surface area contributed by atoms with Gasteiger partial charge in [0.05, 0.1) is 5.75 Å². The van der Waals surface area contributed by atoms with E-state index in [1.165, 1.54) is 0 Å². The van der Waals surface area contributed by atoms with E-state index in [0.29, 0.717) is 25.6 Å². The predicted molar refractivity (Wildman–Crippen MR) is 57.7 cm³/mol. The molecule has 1 saturated heterocycles. The lowest BCUT2D eigenvalue weighted by Gasteiger charge is -2.15. The molecule has 1 heterocycles. The predicted octanol–water partition coefficient (Wildman–Crippen LogP) is 0.268. The third-order valence-corrected chi connectivity index (χ3v) is 4.41. The molecule has 0 radical (unpaired) electrons. The first-order valence-electron chi connectivity index (χ1n) is 5.25. The SMILES string of the molecule is CCNCCS(=O)(=O)N1CCC(C)C1. The van der Waals surface area contributed by atoms with Crippen molar-refractivity contribution in [3.05, 3.63) is 0 Å². The van der Waals surface area contributed by atoms with Gasteiger partial charge in [0, 0.05) is 19.6 Å². The van der Waals surface area contributed by atoms with Gasteiger partial charge in [-0.3, -0.25) is 0 Å². The monoisotopic (exact) mass is 220 g/mol. The molecule has 0 bridgehead atoms. The molecule has 0 aromatic rings. The Balaban J connectivity index is 2.41. The lowest BCUT2D eigenvalue weighted by molar-refractivity contribution is 0.463. The van der Waals surface area contributed by atoms with Crippen LogP contribution < -0.4 is 5.32 Å². The van der Waals surface area contributed by atoms with Gasteiger partial charge in [0.15, 0.2) is 0 Å². The minimum Gasteiger partial charge on any atom is -0.316 e. The van der Waals surface area contributed by atoms with E-state index in [4.69, 9.17) is 0 Å². The first-order chi connectivity index (χ1) is 6.56. The molecule has 1 aliphatic heterocycles. The molecule has 1 fully saturated rings. The standard InChI is InChI=1S/C9H20N2O2S/c1-3-10-5-7-14(12,13)11-6-4-9(2)8-11/h9-10H,3-8H2,1-2H3. The summed E-state index contributed by atoms with van der Waals surface area (Å²) in [5, 5.41) is 3.03. The van der Waals surface area contributed by atoms with Gasteiger partial charge in [-0.2, -0.15) is 0 Å². The van der Waals surface area contributed by atoms with Gasteiger partial charge in [-0.25, -0.2) is 12.7 Å². The van der Waals surface area contributed by atoms with E-state index < -0.39 is 10.0 Å². The highest BCUT2D eigenvalue weighted by Gasteiger charge is 2.28. The molecule has 5 heteroatoms. The highest BCUT2D eigenvalue weighted by atomic mass is 32.2. The van der Waals surface area contributed by atoms with Crippen LogP contribution in [-0.4, -0.2) is 44.7 Å². The quantitative estimate of drug-likeness (QED) is 0.677. The molecular formula is C9H20N2O2S. The summed E-state index contributed by atoms with van der Waals surface area (Å²) < 4.78 is 25.1. The van der Waals surface area contributed by atoms with Crippen molar-refractivity contribution in [1.82, 2.24) is 9.62 Å². The average Bonchev–Trinajstić information content (AvgIpc) is 2.53. The van der Waals surface area contributed by atoms with Crippen LogP contribution in [0.25, 0.3) is 0 Å². The van der Waals surface area contributed by atoms with Crippen LogP contribution in [0.4, 0.5) is 0 Å². The van der Waals surface area contributed by atoms with Crippen LogP contribution in [0.15, 0.2) is 0 Å². The van der Waals surface area contributed by atoms with Crippen LogP contribution in [0.2, 0.25) is 0 Å². The maximum absolute atomic E-state index is 11.7. The van der Waals surface area contributed by atoms with Crippen LogP contribution >= 0.6 is 0 Å². The van der Waals surface area contributed by atoms with Crippen molar-refractivity contribution < 1.29 is 8.42 Å². The fraction of sp³-hybridized carbons (Fsp3) is 1.00. The topological polar surface area (TPSA) is 49.4 Å². The Bertz CT molecular complexity index is 264. The summed E-state index contributed by atoms with van der Waals surface area (Å²) in [6.45, 7) is 6.87. The summed E-state index contributed by atoms with van der Waals surface area (Å²) in [6, 6.07) is 0. The van der Waals surface area contributed by atoms with Crippen LogP contribution in [0.1, 0.15) is 20.3 Å². The molecule has 0 amide bonds. The fourth-order valence-corrected chi connectivity index (χ4v) is 3.18. The molecule has 0 aromatic heterocycles. The molecule has 84 valence electrons. The number of hydrogen-bond donors (Lipinski definition) is 1. The highest BCUT2D eigenvalue weighted by Crippen LogP contribution is 2.18. The summed E-state index contributed by atoms with van der Waals surface area (Å²) >= 11 is 0. The number of sulfonamides is 1. The highest BCUT2D eigenvalue weighted by molar-refractivity contribution is 7.89. The van der Waals surface area contributed by atoms with E-state index in [-0.39, 0.29) is 5.75 Å². The van der Waals surface area contributed by atoms with Crippen LogP contribution in [0.5, 0.6) is 0 Å². The molecule has 0 aromatic carbocycles. The van der Waals surface area contributed by atoms with E-state index in [1.807, 2.05) is 6.92 Å². The van der Waals surface area contributed by atoms with Crippen molar-refractivity contribution in [1.29, 1.82) is 0 Å². The van der Waals surface area contributed by atoms with E-state index in [2.05, 4.69) is 12.2 Å². The first-order valence-corrected chi connectivity index (χ1v) is 6.85. The van der Waals surface area contributed by atoms with Crippen molar-refractivity contribution in [3.8, 4) is 0 Å². The summed E-state index contributed by atoms with van der Waals surface area (Å²) in [6.07, 6.45) is 1.00. The van der Waals surface area contributed by atoms with Gasteiger partial charge in [-0.05, 0) is 18.9 Å². The van der Waals surface area contributed by atoms with Crippen LogP contribution in [0, 0.1) is 5.92 Å². The third-order valence-electron chi connectivity index (χ3n) is 2.57. The maximum atomic E-state index is 11.7. The van der Waals surface area contributed by atoms with Gasteiger partial charge in [-0.1, -0.05) is 13.8 Å². The molecule has 1 atom stereocenters. The second-order valence-corrected chi connectivity index (χ2v) is 6.01. The maximum Gasteiger partial charge on any atom is 0.215 e. The molecule has 1 aliphatic rings. The molecule has 0 aliphatic carbocycles. The van der Waals surface area contributed by atoms with E-state index in [1.54, 1.807) is 4.31 Å². The molecule has 1 N–H and O–H groups in total. The molecule has 14 heavy (non-hydrogen) atoms. The third kappa shape index (κ3) is 3.22. The van der Waals surface area contributed by atoms with E-state index >= 15 is 0 Å². The Labute approximate surface area is 86.7 Å². The fourth-order valence-electron chi connectivity index (χ4n) is 1.65. The number of nitrogens with zero attached hydrogens (tertiary/aromatic N) is 1.